The van der Waals surface area contributed by atoms with Crippen molar-refractivity contribution in [2.45, 2.75) is 17.4 Å². The van der Waals surface area contributed by atoms with Gasteiger partial charge in [0.05, 0.1) is 10.7 Å². The number of halogens is 3. The van der Waals surface area contributed by atoms with Crippen LogP contribution in [0.2, 0.25) is 10.0 Å². The van der Waals surface area contributed by atoms with E-state index >= 15 is 0 Å². The van der Waals surface area contributed by atoms with Crippen LogP contribution in [0.15, 0.2) is 52.9 Å². The Balaban J connectivity index is 1.70. The monoisotopic (exact) mass is 488 g/mol. The average Bonchev–Trinajstić information content (AvgIpc) is 3.20. The zero-order chi connectivity index (χ0) is 21.7. The lowest BCUT2D eigenvalue weighted by Gasteiger charge is -2.19. The molecule has 30 heavy (non-hydrogen) atoms. The molecule has 1 aromatic heterocycles. The zero-order valence-electron chi connectivity index (χ0n) is 15.8. The van der Waals surface area contributed by atoms with Gasteiger partial charge in [-0.1, -0.05) is 35.3 Å². The van der Waals surface area contributed by atoms with Crippen LogP contribution < -0.4 is 15.4 Å². The van der Waals surface area contributed by atoms with Crippen LogP contribution in [0.3, 0.4) is 0 Å². The quantitative estimate of drug-likeness (QED) is 0.408. The minimum Gasteiger partial charge on any atom is -0.382 e. The van der Waals surface area contributed by atoms with E-state index in [4.69, 9.17) is 23.2 Å². The van der Waals surface area contributed by atoms with Gasteiger partial charge < -0.3 is 10.6 Å². The van der Waals surface area contributed by atoms with Gasteiger partial charge in [0.2, 0.25) is 0 Å². The van der Waals surface area contributed by atoms with Crippen LogP contribution in [0.4, 0.5) is 15.2 Å². The van der Waals surface area contributed by atoms with Crippen molar-refractivity contribution in [1.29, 1.82) is 0 Å². The summed E-state index contributed by atoms with van der Waals surface area (Å²) in [7, 11) is -2.32. The first-order valence-electron chi connectivity index (χ1n) is 8.85. The smallest absolute Gasteiger partial charge is 0.266 e. The Hall–Kier alpha value is -1.91. The SMILES string of the molecule is CN[C@H](CNc1cc(F)c(S(=O)(=O)Nc2nccs2)cc1Cl)Cc1ccc(Cl)cc1. The van der Waals surface area contributed by atoms with Crippen LogP contribution >= 0.6 is 34.5 Å². The second-order valence-corrected chi connectivity index (χ2v) is 9.79. The molecule has 0 fully saturated rings. The van der Waals surface area contributed by atoms with Crippen molar-refractivity contribution in [1.82, 2.24) is 10.3 Å². The summed E-state index contributed by atoms with van der Waals surface area (Å²) >= 11 is 13.2. The Morgan fingerprint density at radius 2 is 1.93 bits per heavy atom. The lowest BCUT2D eigenvalue weighted by molar-refractivity contribution is 0.569. The summed E-state index contributed by atoms with van der Waals surface area (Å²) in [6.07, 6.45) is 2.16. The number of hydrogen-bond acceptors (Lipinski definition) is 6. The summed E-state index contributed by atoms with van der Waals surface area (Å²) in [6.45, 7) is 0.446. The van der Waals surface area contributed by atoms with E-state index in [1.807, 2.05) is 31.3 Å². The second-order valence-electron chi connectivity index (χ2n) is 6.40. The molecule has 0 spiro atoms. The van der Waals surface area contributed by atoms with Crippen LogP contribution in [0.25, 0.3) is 0 Å². The highest BCUT2D eigenvalue weighted by molar-refractivity contribution is 7.93. The predicted octanol–water partition coefficient (Wildman–Crippen LogP) is 4.63. The summed E-state index contributed by atoms with van der Waals surface area (Å²) in [5.74, 6) is -0.912. The topological polar surface area (TPSA) is 83.1 Å². The van der Waals surface area contributed by atoms with Crippen LogP contribution in [0.5, 0.6) is 0 Å². The van der Waals surface area contributed by atoms with Gasteiger partial charge in [-0.05, 0) is 43.3 Å². The number of hydrogen-bond donors (Lipinski definition) is 3. The first-order chi connectivity index (χ1) is 14.3. The highest BCUT2D eigenvalue weighted by Crippen LogP contribution is 2.29. The first kappa shape index (κ1) is 22.8. The Morgan fingerprint density at radius 3 is 2.57 bits per heavy atom. The normalized spacial score (nSPS) is 12.5. The van der Waals surface area contributed by atoms with Gasteiger partial charge >= 0.3 is 0 Å². The van der Waals surface area contributed by atoms with E-state index in [1.165, 1.54) is 6.20 Å². The maximum Gasteiger partial charge on any atom is 0.266 e. The van der Waals surface area contributed by atoms with Crippen molar-refractivity contribution in [3.05, 3.63) is 69.4 Å². The number of nitrogens with zero attached hydrogens (tertiary/aromatic N) is 1. The molecular formula is C19H19Cl2FN4O2S2. The van der Waals surface area contributed by atoms with Gasteiger partial charge in [0, 0.05) is 29.2 Å². The van der Waals surface area contributed by atoms with Crippen LogP contribution in [0.1, 0.15) is 5.56 Å². The van der Waals surface area contributed by atoms with E-state index in [0.29, 0.717) is 23.7 Å². The first-order valence-corrected chi connectivity index (χ1v) is 12.0. The molecule has 11 heteroatoms. The van der Waals surface area contributed by atoms with Crippen LogP contribution in [-0.4, -0.2) is 33.0 Å². The summed E-state index contributed by atoms with van der Waals surface area (Å²) in [5.41, 5.74) is 1.39. The molecular weight excluding hydrogens is 470 g/mol. The number of benzene rings is 2. The number of rotatable bonds is 9. The molecule has 3 aromatic rings. The summed E-state index contributed by atoms with van der Waals surface area (Å²) in [4.78, 5) is 3.30. The number of thiazole rings is 1. The lowest BCUT2D eigenvalue weighted by Crippen LogP contribution is -2.34. The molecule has 1 atom stereocenters. The van der Waals surface area contributed by atoms with E-state index in [2.05, 4.69) is 20.3 Å². The van der Waals surface area contributed by atoms with Gasteiger partial charge in [-0.15, -0.1) is 11.3 Å². The molecule has 3 rings (SSSR count). The molecule has 1 heterocycles. The Morgan fingerprint density at radius 1 is 1.20 bits per heavy atom. The second kappa shape index (κ2) is 9.93. The Bertz CT molecular complexity index is 1090. The standard InChI is InChI=1S/C19H19Cl2FN4O2S2/c1-23-14(8-12-2-4-13(20)5-3-12)11-25-17-10-16(22)18(9-15(17)21)30(27,28)26-19-24-6-7-29-19/h2-7,9-10,14,23,25H,8,11H2,1H3,(H,24,26)/t14-/m0/s1. The molecule has 0 unspecified atom stereocenters. The van der Waals surface area contributed by atoms with Gasteiger partial charge in [0.1, 0.15) is 10.7 Å². The third kappa shape index (κ3) is 5.83. The third-order valence-corrected chi connectivity index (χ3v) is 7.04. The van der Waals surface area contributed by atoms with Crippen molar-refractivity contribution in [3.8, 4) is 0 Å². The number of likely N-dealkylation sites (N-methyl/N-ethyl adjacent to an activating group) is 1. The maximum absolute atomic E-state index is 14.6. The van der Waals surface area contributed by atoms with Crippen LogP contribution in [-0.2, 0) is 16.4 Å². The van der Waals surface area contributed by atoms with E-state index in [9.17, 15) is 12.8 Å². The molecule has 0 bridgehead atoms. The molecule has 160 valence electrons. The van der Waals surface area contributed by atoms with Crippen molar-refractivity contribution in [2.24, 2.45) is 0 Å². The summed E-state index contributed by atoms with van der Waals surface area (Å²) in [6, 6.07) is 9.71. The molecule has 0 radical (unpaired) electrons. The largest absolute Gasteiger partial charge is 0.382 e. The molecule has 0 saturated heterocycles. The number of nitrogens with one attached hydrogen (secondary N) is 3. The highest BCUT2D eigenvalue weighted by atomic mass is 35.5. The Kier molecular flexibility index (Phi) is 7.54. The van der Waals surface area contributed by atoms with Gasteiger partial charge in [-0.2, -0.15) is 0 Å². The fourth-order valence-corrected chi connectivity index (χ4v) is 5.02. The molecule has 3 N–H and O–H groups in total. The van der Waals surface area contributed by atoms with E-state index < -0.39 is 20.7 Å². The van der Waals surface area contributed by atoms with E-state index in [-0.39, 0.29) is 16.2 Å². The minimum atomic E-state index is -4.15. The van der Waals surface area contributed by atoms with Crippen molar-refractivity contribution >= 4 is 55.4 Å². The molecule has 6 nitrogen and oxygen atoms in total. The highest BCUT2D eigenvalue weighted by Gasteiger charge is 2.22. The predicted molar refractivity (Wildman–Crippen MR) is 121 cm³/mol. The van der Waals surface area contributed by atoms with Gasteiger partial charge in [0.15, 0.2) is 5.13 Å². The summed E-state index contributed by atoms with van der Waals surface area (Å²) in [5, 5.41) is 8.77. The number of sulfonamides is 1. The Labute approximate surface area is 188 Å². The minimum absolute atomic E-state index is 0.0280. The molecule has 0 aliphatic heterocycles. The summed E-state index contributed by atoms with van der Waals surface area (Å²) < 4.78 is 41.7. The van der Waals surface area contributed by atoms with Gasteiger partial charge in [0.25, 0.3) is 10.0 Å². The molecule has 0 aliphatic carbocycles. The number of aromatic nitrogens is 1. The van der Waals surface area contributed by atoms with Gasteiger partial charge in [-0.3, -0.25) is 4.72 Å². The third-order valence-electron chi connectivity index (χ3n) is 4.31. The van der Waals surface area contributed by atoms with E-state index in [1.54, 1.807) is 5.38 Å². The molecule has 0 saturated carbocycles. The molecule has 2 aromatic carbocycles. The molecule has 0 amide bonds. The molecule has 0 aliphatic rings. The van der Waals surface area contributed by atoms with Crippen molar-refractivity contribution in [2.75, 3.05) is 23.6 Å². The number of anilines is 2. The lowest BCUT2D eigenvalue weighted by atomic mass is 10.1. The maximum atomic E-state index is 14.6. The fraction of sp³-hybridized carbons (Fsp3) is 0.211. The zero-order valence-corrected chi connectivity index (χ0v) is 19.0. The van der Waals surface area contributed by atoms with Gasteiger partial charge in [-0.25, -0.2) is 17.8 Å². The van der Waals surface area contributed by atoms with Crippen molar-refractivity contribution in [3.63, 3.8) is 0 Å². The van der Waals surface area contributed by atoms with Crippen LogP contribution in [0, 0.1) is 5.82 Å². The fourth-order valence-electron chi connectivity index (χ4n) is 2.73. The van der Waals surface area contributed by atoms with Crippen molar-refractivity contribution < 1.29 is 12.8 Å². The van der Waals surface area contributed by atoms with E-state index in [0.717, 1.165) is 29.0 Å². The average molecular weight is 489 g/mol.